The molecule has 0 unspecified atom stereocenters. The molecular formula is C15H19N3O. The van der Waals surface area contributed by atoms with Gasteiger partial charge in [-0.15, -0.1) is 5.10 Å². The van der Waals surface area contributed by atoms with E-state index in [1.54, 1.807) is 6.07 Å². The average Bonchev–Trinajstić information content (AvgIpc) is 2.39. The van der Waals surface area contributed by atoms with Crippen LogP contribution in [0.15, 0.2) is 36.4 Å². The van der Waals surface area contributed by atoms with E-state index in [2.05, 4.69) is 37.0 Å². The predicted molar refractivity (Wildman–Crippen MR) is 75.1 cm³/mol. The Bertz CT molecular complexity index is 544. The van der Waals surface area contributed by atoms with Crippen LogP contribution in [0.1, 0.15) is 32.0 Å². The molecule has 0 spiro atoms. The summed E-state index contributed by atoms with van der Waals surface area (Å²) < 4.78 is 5.70. The molecule has 0 amide bonds. The van der Waals surface area contributed by atoms with Gasteiger partial charge in [0.05, 0.1) is 5.69 Å². The van der Waals surface area contributed by atoms with E-state index in [0.717, 1.165) is 11.4 Å². The summed E-state index contributed by atoms with van der Waals surface area (Å²) in [7, 11) is 0. The Morgan fingerprint density at radius 2 is 1.89 bits per heavy atom. The first-order chi connectivity index (χ1) is 8.99. The first-order valence-corrected chi connectivity index (χ1v) is 6.30. The van der Waals surface area contributed by atoms with Gasteiger partial charge in [-0.05, 0) is 29.2 Å². The van der Waals surface area contributed by atoms with Crippen molar-refractivity contribution < 1.29 is 4.74 Å². The van der Waals surface area contributed by atoms with Gasteiger partial charge in [0.15, 0.2) is 0 Å². The lowest BCUT2D eigenvalue weighted by atomic mass is 9.87. The van der Waals surface area contributed by atoms with Gasteiger partial charge in [-0.3, -0.25) is 0 Å². The van der Waals surface area contributed by atoms with Gasteiger partial charge in [-0.25, -0.2) is 0 Å². The largest absolute Gasteiger partial charge is 0.438 e. The van der Waals surface area contributed by atoms with E-state index in [9.17, 15) is 0 Å². The van der Waals surface area contributed by atoms with Crippen molar-refractivity contribution in [3.05, 3.63) is 47.7 Å². The molecule has 0 aliphatic heterocycles. The number of hydrogen-bond acceptors (Lipinski definition) is 4. The first kappa shape index (κ1) is 13.5. The minimum atomic E-state index is 0.0917. The van der Waals surface area contributed by atoms with Crippen molar-refractivity contribution in [1.29, 1.82) is 0 Å². The lowest BCUT2D eigenvalue weighted by Crippen LogP contribution is -2.10. The highest BCUT2D eigenvalue weighted by molar-refractivity contribution is 5.34. The van der Waals surface area contributed by atoms with Gasteiger partial charge in [-0.2, -0.15) is 5.10 Å². The SMILES string of the molecule is CC(C)(C)c1cccc(Oc2ccc(CN)nn2)c1. The van der Waals surface area contributed by atoms with E-state index in [1.807, 2.05) is 24.3 Å². The molecule has 2 N–H and O–H groups in total. The first-order valence-electron chi connectivity index (χ1n) is 6.30. The van der Waals surface area contributed by atoms with Gasteiger partial charge in [0.2, 0.25) is 5.88 Å². The highest BCUT2D eigenvalue weighted by Crippen LogP contribution is 2.27. The number of benzene rings is 1. The Hall–Kier alpha value is -1.94. The van der Waals surface area contributed by atoms with Gasteiger partial charge < -0.3 is 10.5 Å². The molecule has 0 radical (unpaired) electrons. The number of nitrogens with two attached hydrogens (primary N) is 1. The molecule has 0 bridgehead atoms. The molecule has 2 aromatic rings. The summed E-state index contributed by atoms with van der Waals surface area (Å²) in [5.74, 6) is 1.24. The highest BCUT2D eigenvalue weighted by Gasteiger charge is 2.14. The molecule has 1 aromatic heterocycles. The molecule has 0 saturated heterocycles. The summed E-state index contributed by atoms with van der Waals surface area (Å²) in [4.78, 5) is 0. The van der Waals surface area contributed by atoms with Gasteiger partial charge >= 0.3 is 0 Å². The third kappa shape index (κ3) is 3.51. The van der Waals surface area contributed by atoms with Gasteiger partial charge in [0.25, 0.3) is 0 Å². The normalized spacial score (nSPS) is 11.4. The quantitative estimate of drug-likeness (QED) is 0.918. The summed E-state index contributed by atoms with van der Waals surface area (Å²) in [6.07, 6.45) is 0. The third-order valence-corrected chi connectivity index (χ3v) is 2.83. The van der Waals surface area contributed by atoms with Crippen LogP contribution >= 0.6 is 0 Å². The van der Waals surface area contributed by atoms with Crippen LogP contribution in [-0.4, -0.2) is 10.2 Å². The minimum absolute atomic E-state index is 0.0917. The van der Waals surface area contributed by atoms with Crippen molar-refractivity contribution in [3.63, 3.8) is 0 Å². The number of hydrogen-bond donors (Lipinski definition) is 1. The maximum atomic E-state index is 5.70. The molecular weight excluding hydrogens is 238 g/mol. The van der Waals surface area contributed by atoms with E-state index < -0.39 is 0 Å². The maximum Gasteiger partial charge on any atom is 0.238 e. The fourth-order valence-corrected chi connectivity index (χ4v) is 1.66. The van der Waals surface area contributed by atoms with Crippen molar-refractivity contribution in [2.24, 2.45) is 5.73 Å². The second-order valence-corrected chi connectivity index (χ2v) is 5.45. The maximum absolute atomic E-state index is 5.70. The van der Waals surface area contributed by atoms with Crippen molar-refractivity contribution in [2.45, 2.75) is 32.7 Å². The molecule has 2 rings (SSSR count). The third-order valence-electron chi connectivity index (χ3n) is 2.83. The standard InChI is InChI=1S/C15H19N3O/c1-15(2,3)11-5-4-6-13(9-11)19-14-8-7-12(10-16)17-18-14/h4-9H,10,16H2,1-3H3. The molecule has 100 valence electrons. The van der Waals surface area contributed by atoms with Crippen LogP contribution in [0.5, 0.6) is 11.6 Å². The zero-order chi connectivity index (χ0) is 13.9. The van der Waals surface area contributed by atoms with Gasteiger partial charge in [0, 0.05) is 12.6 Å². The second-order valence-electron chi connectivity index (χ2n) is 5.45. The van der Waals surface area contributed by atoms with Crippen LogP contribution < -0.4 is 10.5 Å². The molecule has 1 heterocycles. The number of ether oxygens (including phenoxy) is 1. The zero-order valence-corrected chi connectivity index (χ0v) is 11.6. The fourth-order valence-electron chi connectivity index (χ4n) is 1.66. The summed E-state index contributed by atoms with van der Waals surface area (Å²) >= 11 is 0. The van der Waals surface area contributed by atoms with E-state index in [0.29, 0.717) is 12.4 Å². The number of rotatable bonds is 3. The Balaban J connectivity index is 2.18. The Labute approximate surface area is 113 Å². The smallest absolute Gasteiger partial charge is 0.238 e. The van der Waals surface area contributed by atoms with Crippen LogP contribution in [0.3, 0.4) is 0 Å². The van der Waals surface area contributed by atoms with Crippen LogP contribution in [-0.2, 0) is 12.0 Å². The summed E-state index contributed by atoms with van der Waals surface area (Å²) in [6.45, 7) is 6.89. The topological polar surface area (TPSA) is 61.0 Å². The van der Waals surface area contributed by atoms with E-state index in [4.69, 9.17) is 10.5 Å². The lowest BCUT2D eigenvalue weighted by Gasteiger charge is -2.19. The molecule has 0 atom stereocenters. The van der Waals surface area contributed by atoms with Gasteiger partial charge in [0.1, 0.15) is 5.75 Å². The molecule has 0 aliphatic rings. The van der Waals surface area contributed by atoms with Crippen molar-refractivity contribution in [1.82, 2.24) is 10.2 Å². The molecule has 4 nitrogen and oxygen atoms in total. The zero-order valence-electron chi connectivity index (χ0n) is 11.6. The molecule has 0 saturated carbocycles. The van der Waals surface area contributed by atoms with Crippen LogP contribution in [0, 0.1) is 0 Å². The molecule has 19 heavy (non-hydrogen) atoms. The summed E-state index contributed by atoms with van der Waals surface area (Å²) in [5, 5.41) is 7.95. The van der Waals surface area contributed by atoms with E-state index in [1.165, 1.54) is 5.56 Å². The van der Waals surface area contributed by atoms with Crippen molar-refractivity contribution >= 4 is 0 Å². The summed E-state index contributed by atoms with van der Waals surface area (Å²) in [6, 6.07) is 11.6. The Morgan fingerprint density at radius 3 is 2.47 bits per heavy atom. The lowest BCUT2D eigenvalue weighted by molar-refractivity contribution is 0.451. The van der Waals surface area contributed by atoms with Crippen LogP contribution in [0.4, 0.5) is 0 Å². The van der Waals surface area contributed by atoms with Crippen LogP contribution in [0.2, 0.25) is 0 Å². The second kappa shape index (κ2) is 5.36. The van der Waals surface area contributed by atoms with Crippen LogP contribution in [0.25, 0.3) is 0 Å². The minimum Gasteiger partial charge on any atom is -0.438 e. The Morgan fingerprint density at radius 1 is 1.11 bits per heavy atom. The number of nitrogens with zero attached hydrogens (tertiary/aromatic N) is 2. The average molecular weight is 257 g/mol. The molecule has 1 aromatic carbocycles. The van der Waals surface area contributed by atoms with E-state index in [-0.39, 0.29) is 5.41 Å². The fraction of sp³-hybridized carbons (Fsp3) is 0.333. The molecule has 4 heteroatoms. The number of aromatic nitrogens is 2. The molecule has 0 fully saturated rings. The predicted octanol–water partition coefficient (Wildman–Crippen LogP) is 3.03. The van der Waals surface area contributed by atoms with Gasteiger partial charge in [-0.1, -0.05) is 32.9 Å². The van der Waals surface area contributed by atoms with Crippen molar-refractivity contribution in [3.8, 4) is 11.6 Å². The monoisotopic (exact) mass is 257 g/mol. The van der Waals surface area contributed by atoms with Crippen molar-refractivity contribution in [2.75, 3.05) is 0 Å². The Kier molecular flexibility index (Phi) is 3.81. The highest BCUT2D eigenvalue weighted by atomic mass is 16.5. The van der Waals surface area contributed by atoms with E-state index >= 15 is 0 Å². The summed E-state index contributed by atoms with van der Waals surface area (Å²) in [5.41, 5.74) is 7.53. The molecule has 0 aliphatic carbocycles.